The third-order valence-corrected chi connectivity index (χ3v) is 2.96. The minimum atomic E-state index is -1.86. The quantitative estimate of drug-likeness (QED) is 0.644. The van der Waals surface area contributed by atoms with Gasteiger partial charge in [0.1, 0.15) is 16.8 Å². The zero-order valence-electron chi connectivity index (χ0n) is 8.92. The van der Waals surface area contributed by atoms with Crippen molar-refractivity contribution in [2.75, 3.05) is 6.61 Å². The highest BCUT2D eigenvalue weighted by Crippen LogP contribution is 2.30. The molecule has 0 spiro atoms. The van der Waals surface area contributed by atoms with Crippen molar-refractivity contribution in [3.8, 4) is 0 Å². The van der Waals surface area contributed by atoms with Gasteiger partial charge in [-0.15, -0.1) is 0 Å². The van der Waals surface area contributed by atoms with Crippen molar-refractivity contribution >= 4 is 12.2 Å². The normalized spacial score (nSPS) is 31.8. The van der Waals surface area contributed by atoms with Crippen LogP contribution in [0.2, 0.25) is 0 Å². The van der Waals surface area contributed by atoms with Crippen LogP contribution in [0, 0.1) is 10.5 Å². The van der Waals surface area contributed by atoms with Gasteiger partial charge in [-0.25, -0.2) is 13.6 Å². The van der Waals surface area contributed by atoms with E-state index < -0.39 is 42.7 Å². The van der Waals surface area contributed by atoms with Crippen LogP contribution in [0.3, 0.4) is 0 Å². The van der Waals surface area contributed by atoms with Gasteiger partial charge in [0.05, 0.1) is 12.8 Å². The molecule has 9 heteroatoms. The molecule has 2 rings (SSSR count). The van der Waals surface area contributed by atoms with Crippen LogP contribution in [0.15, 0.2) is 11.0 Å². The summed E-state index contributed by atoms with van der Waals surface area (Å²) in [5.41, 5.74) is -0.837. The molecule has 1 fully saturated rings. The fourth-order valence-corrected chi connectivity index (χ4v) is 1.88. The first-order valence-electron chi connectivity index (χ1n) is 5.05. The molecule has 0 aliphatic carbocycles. The summed E-state index contributed by atoms with van der Waals surface area (Å²) in [5.74, 6) is -0.900. The summed E-state index contributed by atoms with van der Waals surface area (Å²) in [6.07, 6.45) is -5.49. The summed E-state index contributed by atoms with van der Waals surface area (Å²) >= 11 is 4.51. The zero-order valence-corrected chi connectivity index (χ0v) is 9.73. The van der Waals surface area contributed by atoms with E-state index in [0.29, 0.717) is 4.57 Å². The molecule has 0 radical (unpaired) electrons. The van der Waals surface area contributed by atoms with E-state index in [9.17, 15) is 18.7 Å². The second kappa shape index (κ2) is 4.84. The number of ether oxygens (including phenoxy) is 1. The van der Waals surface area contributed by atoms with E-state index in [2.05, 4.69) is 12.2 Å². The van der Waals surface area contributed by atoms with Gasteiger partial charge in [-0.05, 0) is 0 Å². The molecule has 1 aliphatic heterocycles. The number of rotatable bonds is 2. The van der Waals surface area contributed by atoms with Crippen molar-refractivity contribution in [1.82, 2.24) is 9.55 Å². The Hall–Kier alpha value is -1.16. The number of aromatic amines is 1. The predicted octanol–water partition coefficient (Wildman–Crippen LogP) is -0.366. The third kappa shape index (κ3) is 2.09. The van der Waals surface area contributed by atoms with Crippen LogP contribution in [0.25, 0.3) is 0 Å². The minimum absolute atomic E-state index is 0.390. The number of aliphatic hydroxyl groups is 2. The van der Waals surface area contributed by atoms with E-state index in [4.69, 9.17) is 9.84 Å². The summed E-state index contributed by atoms with van der Waals surface area (Å²) in [5, 5.41) is 18.4. The molecule has 0 saturated carbocycles. The lowest BCUT2D eigenvalue weighted by atomic mass is 10.1. The van der Waals surface area contributed by atoms with Crippen molar-refractivity contribution in [2.24, 2.45) is 0 Å². The van der Waals surface area contributed by atoms with Crippen LogP contribution in [0.4, 0.5) is 8.78 Å². The van der Waals surface area contributed by atoms with Gasteiger partial charge in [0, 0.05) is 0 Å². The molecule has 3 N–H and O–H groups in total. The van der Waals surface area contributed by atoms with Crippen LogP contribution >= 0.6 is 12.2 Å². The van der Waals surface area contributed by atoms with Gasteiger partial charge in [-0.2, -0.15) is 0 Å². The number of aromatic nitrogens is 2. The Bertz CT molecular complexity index is 560. The fourth-order valence-electron chi connectivity index (χ4n) is 1.74. The molecule has 100 valence electrons. The van der Waals surface area contributed by atoms with Gasteiger partial charge in [0.2, 0.25) is 0 Å². The number of alkyl halides is 1. The molecule has 1 unspecified atom stereocenters. The van der Waals surface area contributed by atoms with Crippen LogP contribution in [-0.4, -0.2) is 44.8 Å². The highest BCUT2D eigenvalue weighted by Gasteiger charge is 2.45. The monoisotopic (exact) mass is 280 g/mol. The second-order valence-corrected chi connectivity index (χ2v) is 4.23. The number of nitrogens with zero attached hydrogens (tertiary/aromatic N) is 1. The molecule has 2 heterocycles. The fraction of sp³-hybridized carbons (Fsp3) is 0.556. The third-order valence-electron chi connectivity index (χ3n) is 2.67. The Kier molecular flexibility index (Phi) is 3.57. The molecule has 1 saturated heterocycles. The Labute approximate surface area is 104 Å². The molecule has 0 amide bonds. The van der Waals surface area contributed by atoms with E-state index in [0.717, 1.165) is 6.20 Å². The molecule has 6 nitrogen and oxygen atoms in total. The lowest BCUT2D eigenvalue weighted by molar-refractivity contribution is -0.0541. The Morgan fingerprint density at radius 2 is 2.28 bits per heavy atom. The lowest BCUT2D eigenvalue weighted by Gasteiger charge is -2.16. The standard InChI is InChI=1S/C9H10F2N2O4S/c10-3-1-13(9(16)12-7(3)18)8-6(15)5(11)4(2-14)17-8/h1,4-6,8,14-15H,2H2,(H,12,16,18)/t4-,5+,6?,8-/m1/s1. The van der Waals surface area contributed by atoms with Crippen molar-refractivity contribution in [3.05, 3.63) is 27.1 Å². The average Bonchev–Trinajstić information content (AvgIpc) is 2.61. The van der Waals surface area contributed by atoms with E-state index in [1.165, 1.54) is 0 Å². The van der Waals surface area contributed by atoms with Gasteiger partial charge in [0.15, 0.2) is 18.2 Å². The second-order valence-electron chi connectivity index (χ2n) is 3.83. The number of nitrogens with one attached hydrogen (secondary N) is 1. The van der Waals surface area contributed by atoms with Gasteiger partial charge in [0.25, 0.3) is 0 Å². The highest BCUT2D eigenvalue weighted by molar-refractivity contribution is 7.71. The van der Waals surface area contributed by atoms with E-state index in [1.807, 2.05) is 4.98 Å². The topological polar surface area (TPSA) is 87.5 Å². The van der Waals surface area contributed by atoms with Crippen molar-refractivity contribution < 1.29 is 23.7 Å². The summed E-state index contributed by atoms with van der Waals surface area (Å²) in [6.45, 7) is -0.658. The van der Waals surface area contributed by atoms with Crippen molar-refractivity contribution in [3.63, 3.8) is 0 Å². The molecule has 0 aromatic carbocycles. The number of hydrogen-bond donors (Lipinski definition) is 3. The molecule has 1 aliphatic rings. The van der Waals surface area contributed by atoms with Crippen LogP contribution in [0.5, 0.6) is 0 Å². The maximum Gasteiger partial charge on any atom is 0.328 e. The molecule has 4 atom stereocenters. The summed E-state index contributed by atoms with van der Waals surface area (Å²) in [7, 11) is 0. The zero-order chi connectivity index (χ0) is 13.4. The first-order valence-corrected chi connectivity index (χ1v) is 5.46. The Balaban J connectivity index is 2.42. The van der Waals surface area contributed by atoms with Gasteiger partial charge in [-0.3, -0.25) is 9.55 Å². The summed E-state index contributed by atoms with van der Waals surface area (Å²) in [6, 6.07) is 0. The first-order chi connectivity index (χ1) is 8.45. The molecular weight excluding hydrogens is 270 g/mol. The minimum Gasteiger partial charge on any atom is -0.394 e. The Morgan fingerprint density at radius 3 is 2.83 bits per heavy atom. The Morgan fingerprint density at radius 1 is 1.61 bits per heavy atom. The number of aliphatic hydroxyl groups excluding tert-OH is 2. The van der Waals surface area contributed by atoms with Crippen LogP contribution < -0.4 is 5.69 Å². The van der Waals surface area contributed by atoms with Crippen LogP contribution in [0.1, 0.15) is 6.23 Å². The number of hydrogen-bond acceptors (Lipinski definition) is 5. The maximum absolute atomic E-state index is 13.5. The van der Waals surface area contributed by atoms with E-state index in [1.54, 1.807) is 0 Å². The first kappa shape index (κ1) is 13.3. The molecule has 1 aromatic rings. The predicted molar refractivity (Wildman–Crippen MR) is 57.7 cm³/mol. The van der Waals surface area contributed by atoms with Crippen LogP contribution in [-0.2, 0) is 4.74 Å². The van der Waals surface area contributed by atoms with E-state index in [-0.39, 0.29) is 4.64 Å². The largest absolute Gasteiger partial charge is 0.394 e. The van der Waals surface area contributed by atoms with E-state index >= 15 is 0 Å². The molecule has 0 bridgehead atoms. The molecule has 1 aromatic heterocycles. The number of H-pyrrole nitrogens is 1. The lowest BCUT2D eigenvalue weighted by Crippen LogP contribution is -2.34. The number of halogens is 2. The van der Waals surface area contributed by atoms with Crippen molar-refractivity contribution in [2.45, 2.75) is 24.6 Å². The molecule has 18 heavy (non-hydrogen) atoms. The maximum atomic E-state index is 13.5. The SMILES string of the molecule is O=c1[nH]c(=S)c(F)cn1[C@@H]1O[C@H](CO)[C@H](F)C1O. The van der Waals surface area contributed by atoms with Gasteiger partial charge < -0.3 is 14.9 Å². The summed E-state index contributed by atoms with van der Waals surface area (Å²) in [4.78, 5) is 13.5. The molecular formula is C9H10F2N2O4S. The van der Waals surface area contributed by atoms with Crippen molar-refractivity contribution in [1.29, 1.82) is 0 Å². The summed E-state index contributed by atoms with van der Waals surface area (Å²) < 4.78 is 31.9. The average molecular weight is 280 g/mol. The van der Waals surface area contributed by atoms with Gasteiger partial charge >= 0.3 is 5.69 Å². The van der Waals surface area contributed by atoms with Gasteiger partial charge in [-0.1, -0.05) is 12.2 Å². The smallest absolute Gasteiger partial charge is 0.328 e. The highest BCUT2D eigenvalue weighted by atomic mass is 32.1.